The number of alkyl halides is 3. The van der Waals surface area contributed by atoms with Gasteiger partial charge in [-0.3, -0.25) is 9.59 Å². The van der Waals surface area contributed by atoms with Crippen LogP contribution < -0.4 is 27.1 Å². The minimum atomic E-state index is -5.08. The molecule has 0 atom stereocenters. The van der Waals surface area contributed by atoms with Crippen LogP contribution in [0.4, 0.5) is 13.2 Å². The van der Waals surface area contributed by atoms with Crippen molar-refractivity contribution in [1.29, 1.82) is 0 Å². The first-order valence-corrected chi connectivity index (χ1v) is 12.8. The highest BCUT2D eigenvalue weighted by Gasteiger charge is 2.45. The number of nitrogens with zero attached hydrogens (tertiary/aromatic N) is 2. The van der Waals surface area contributed by atoms with Gasteiger partial charge in [0.15, 0.2) is 0 Å². The number of hydrogen-bond donors (Lipinski definition) is 5. The fourth-order valence-electron chi connectivity index (χ4n) is 3.05. The van der Waals surface area contributed by atoms with Gasteiger partial charge in [-0.1, -0.05) is 36.4 Å². The SMILES string of the molecule is NC(N)=NOCC1(NC(=O)Cn2cccc(CNS(=O)(=O)Cc3ccccc3)c2=O)CC1.O=C(O)C(F)(F)F. The summed E-state index contributed by atoms with van der Waals surface area (Å²) in [7, 11) is -3.64. The number of hydrogen-bond acceptors (Lipinski definition) is 7. The number of pyridine rings is 1. The maximum absolute atomic E-state index is 12.7. The molecule has 13 nitrogen and oxygen atoms in total. The average Bonchev–Trinajstić information content (AvgIpc) is 3.58. The predicted molar refractivity (Wildman–Crippen MR) is 132 cm³/mol. The van der Waals surface area contributed by atoms with Crippen LogP contribution in [0.2, 0.25) is 0 Å². The monoisotopic (exact) mass is 576 g/mol. The number of sulfonamides is 1. The van der Waals surface area contributed by atoms with Gasteiger partial charge in [-0.05, 0) is 29.6 Å². The first-order chi connectivity index (χ1) is 18.1. The molecule has 1 saturated carbocycles. The van der Waals surface area contributed by atoms with E-state index in [1.807, 2.05) is 0 Å². The molecule has 1 aromatic carbocycles. The van der Waals surface area contributed by atoms with E-state index in [4.69, 9.17) is 26.2 Å². The van der Waals surface area contributed by atoms with Gasteiger partial charge in [0.1, 0.15) is 13.2 Å². The summed E-state index contributed by atoms with van der Waals surface area (Å²) in [4.78, 5) is 39.0. The standard InChI is InChI=1S/C20H26N6O5S.C2HF3O2/c21-19(22)25-31-14-20(8-9-20)24-17(27)12-26-10-4-7-16(18(26)28)11-23-32(29,30)13-15-5-2-1-3-6-15;3-2(4,5)1(6)7/h1-7,10,23H,8-9,11-14H2,(H,24,27)(H4,21,22,25);(H,6,7). The second-order valence-corrected chi connectivity index (χ2v) is 10.3. The number of carboxylic acids is 1. The lowest BCUT2D eigenvalue weighted by molar-refractivity contribution is -0.192. The predicted octanol–water partition coefficient (Wildman–Crippen LogP) is -0.0450. The van der Waals surface area contributed by atoms with E-state index in [1.165, 1.54) is 16.8 Å². The molecule has 0 saturated heterocycles. The van der Waals surface area contributed by atoms with Crippen molar-refractivity contribution in [2.45, 2.75) is 43.4 Å². The molecule has 3 rings (SSSR count). The Kier molecular flexibility index (Phi) is 10.4. The van der Waals surface area contributed by atoms with E-state index in [0.717, 1.165) is 0 Å². The van der Waals surface area contributed by atoms with Crippen LogP contribution in [0.1, 0.15) is 24.0 Å². The van der Waals surface area contributed by atoms with Crippen molar-refractivity contribution in [1.82, 2.24) is 14.6 Å². The van der Waals surface area contributed by atoms with E-state index in [2.05, 4.69) is 15.2 Å². The first-order valence-electron chi connectivity index (χ1n) is 11.1. The van der Waals surface area contributed by atoms with Crippen LogP contribution in [0, 0.1) is 0 Å². The number of halogens is 3. The number of benzene rings is 1. The van der Waals surface area contributed by atoms with Crippen molar-refractivity contribution in [2.75, 3.05) is 6.61 Å². The molecule has 2 aromatic rings. The molecular weight excluding hydrogens is 549 g/mol. The zero-order valence-corrected chi connectivity index (χ0v) is 21.2. The molecule has 7 N–H and O–H groups in total. The van der Waals surface area contributed by atoms with Crippen LogP contribution in [0.25, 0.3) is 0 Å². The van der Waals surface area contributed by atoms with Gasteiger partial charge in [0, 0.05) is 18.3 Å². The van der Waals surface area contributed by atoms with Crippen molar-refractivity contribution in [2.24, 2.45) is 16.6 Å². The van der Waals surface area contributed by atoms with E-state index >= 15 is 0 Å². The largest absolute Gasteiger partial charge is 0.490 e. The van der Waals surface area contributed by atoms with E-state index in [0.29, 0.717) is 18.4 Å². The van der Waals surface area contributed by atoms with Gasteiger partial charge in [0.25, 0.3) is 5.56 Å². The molecule has 1 heterocycles. The number of aromatic nitrogens is 1. The normalized spacial score (nSPS) is 13.8. The summed E-state index contributed by atoms with van der Waals surface area (Å²) < 4.78 is 60.0. The number of rotatable bonds is 11. The highest BCUT2D eigenvalue weighted by atomic mass is 32.2. The molecule has 1 aromatic heterocycles. The second kappa shape index (κ2) is 13.1. The molecule has 0 spiro atoms. The first kappa shape index (κ1) is 31.1. The van der Waals surface area contributed by atoms with Gasteiger partial charge in [0.05, 0.1) is 11.3 Å². The summed E-state index contributed by atoms with van der Waals surface area (Å²) in [6.07, 6.45) is -2.20. The number of carbonyl (C=O) groups excluding carboxylic acids is 1. The van der Waals surface area contributed by atoms with Gasteiger partial charge >= 0.3 is 12.1 Å². The lowest BCUT2D eigenvalue weighted by atomic mass is 10.2. The van der Waals surface area contributed by atoms with Crippen molar-refractivity contribution in [3.63, 3.8) is 0 Å². The average molecular weight is 577 g/mol. The maximum atomic E-state index is 12.7. The van der Waals surface area contributed by atoms with Crippen molar-refractivity contribution >= 4 is 27.9 Å². The molecule has 0 bridgehead atoms. The second-order valence-electron chi connectivity index (χ2n) is 8.45. The van der Waals surface area contributed by atoms with Crippen molar-refractivity contribution in [3.05, 3.63) is 70.1 Å². The Balaban J connectivity index is 0.000000673. The van der Waals surface area contributed by atoms with E-state index in [9.17, 15) is 31.2 Å². The smallest absolute Gasteiger partial charge is 0.475 e. The van der Waals surface area contributed by atoms with E-state index in [-0.39, 0.29) is 42.9 Å². The van der Waals surface area contributed by atoms with Crippen molar-refractivity contribution in [3.8, 4) is 0 Å². The Morgan fingerprint density at radius 1 is 1.13 bits per heavy atom. The summed E-state index contributed by atoms with van der Waals surface area (Å²) in [6, 6.07) is 11.8. The van der Waals surface area contributed by atoms with Crippen molar-refractivity contribution < 1.29 is 41.1 Å². The topological polar surface area (TPSA) is 208 Å². The number of aliphatic carboxylic acids is 1. The Morgan fingerprint density at radius 3 is 2.28 bits per heavy atom. The number of carbonyl (C=O) groups is 2. The molecule has 1 amide bonds. The number of nitrogens with two attached hydrogens (primary N) is 2. The summed E-state index contributed by atoms with van der Waals surface area (Å²) in [5.41, 5.74) is 10.3. The zero-order valence-electron chi connectivity index (χ0n) is 20.3. The van der Waals surface area contributed by atoms with Gasteiger partial charge in [-0.15, -0.1) is 0 Å². The molecule has 0 aliphatic heterocycles. The van der Waals surface area contributed by atoms with Crippen LogP contribution in [0.3, 0.4) is 0 Å². The van der Waals surface area contributed by atoms with Crippen LogP contribution in [-0.4, -0.2) is 54.2 Å². The summed E-state index contributed by atoms with van der Waals surface area (Å²) >= 11 is 0. The van der Waals surface area contributed by atoms with Crippen LogP contribution >= 0.6 is 0 Å². The molecule has 214 valence electrons. The zero-order chi connectivity index (χ0) is 29.3. The Morgan fingerprint density at radius 2 is 1.74 bits per heavy atom. The maximum Gasteiger partial charge on any atom is 0.490 e. The Bertz CT molecular complexity index is 1340. The molecule has 17 heteroatoms. The number of nitrogens with one attached hydrogen (secondary N) is 2. The fraction of sp³-hybridized carbons (Fsp3) is 0.364. The van der Waals surface area contributed by atoms with Gasteiger partial charge in [-0.2, -0.15) is 13.2 Å². The minimum Gasteiger partial charge on any atom is -0.475 e. The molecule has 39 heavy (non-hydrogen) atoms. The molecule has 1 fully saturated rings. The molecule has 1 aliphatic rings. The molecule has 1 aliphatic carbocycles. The van der Waals surface area contributed by atoms with Crippen LogP contribution in [-0.2, 0) is 43.3 Å². The highest BCUT2D eigenvalue weighted by molar-refractivity contribution is 7.88. The van der Waals surface area contributed by atoms with Gasteiger partial charge in [0.2, 0.25) is 21.9 Å². The number of carboxylic acid groups (broad SMARTS) is 1. The number of guanidine groups is 1. The number of amides is 1. The third-order valence-electron chi connectivity index (χ3n) is 5.11. The third kappa shape index (κ3) is 11.0. The van der Waals surface area contributed by atoms with Gasteiger partial charge < -0.3 is 31.3 Å². The van der Waals surface area contributed by atoms with Gasteiger partial charge in [-0.25, -0.2) is 17.9 Å². The van der Waals surface area contributed by atoms with E-state index < -0.39 is 33.3 Å². The van der Waals surface area contributed by atoms with Crippen LogP contribution in [0.15, 0.2) is 58.6 Å². The van der Waals surface area contributed by atoms with Crippen LogP contribution in [0.5, 0.6) is 0 Å². The quantitative estimate of drug-likeness (QED) is 0.138. The minimum absolute atomic E-state index is 0.120. The Labute approximate surface area is 220 Å². The molecular formula is C22H27F3N6O7S. The van der Waals surface area contributed by atoms with E-state index in [1.54, 1.807) is 36.4 Å². The Hall–Kier alpha value is -4.12. The molecule has 0 unspecified atom stereocenters. The molecule has 0 radical (unpaired) electrons. The summed E-state index contributed by atoms with van der Waals surface area (Å²) in [6.45, 7) is -0.269. The number of oxime groups is 1. The lowest BCUT2D eigenvalue weighted by Gasteiger charge is -2.16. The third-order valence-corrected chi connectivity index (χ3v) is 6.40. The summed E-state index contributed by atoms with van der Waals surface area (Å²) in [5, 5.41) is 13.4. The highest BCUT2D eigenvalue weighted by Crippen LogP contribution is 2.35. The summed E-state index contributed by atoms with van der Waals surface area (Å²) in [5.74, 6) is -3.54. The fourth-order valence-corrected chi connectivity index (χ4v) is 4.16. The lowest BCUT2D eigenvalue weighted by Crippen LogP contribution is -2.43.